The fourth-order valence-corrected chi connectivity index (χ4v) is 2.28. The summed E-state index contributed by atoms with van der Waals surface area (Å²) in [6.45, 7) is 4.32. The second kappa shape index (κ2) is 6.41. The second-order valence-electron chi connectivity index (χ2n) is 5.07. The van der Waals surface area contributed by atoms with Crippen molar-refractivity contribution in [1.29, 1.82) is 5.41 Å². The maximum absolute atomic E-state index is 9.98. The number of ether oxygens (including phenoxy) is 1. The first kappa shape index (κ1) is 15.1. The van der Waals surface area contributed by atoms with Gasteiger partial charge in [0.25, 0.3) is 0 Å². The highest BCUT2D eigenvalue weighted by Crippen LogP contribution is 2.25. The number of hydrogen-bond acceptors (Lipinski definition) is 3. The Kier molecular flexibility index (Phi) is 4.60. The summed E-state index contributed by atoms with van der Waals surface area (Å²) < 4.78 is 5.90. The van der Waals surface area contributed by atoms with Gasteiger partial charge in [0.2, 0.25) is 0 Å². The number of benzene rings is 2. The molecule has 0 saturated carbocycles. The molecule has 2 rings (SSSR count). The van der Waals surface area contributed by atoms with Crippen molar-refractivity contribution in [1.82, 2.24) is 0 Å². The van der Waals surface area contributed by atoms with Crippen LogP contribution in [0.2, 0.25) is 0 Å². The molecular weight excluding hydrogens is 264 g/mol. The molecule has 0 aliphatic carbocycles. The number of aliphatic hydroxyl groups is 1. The third kappa shape index (κ3) is 3.41. The summed E-state index contributed by atoms with van der Waals surface area (Å²) in [7, 11) is 0. The third-order valence-corrected chi connectivity index (χ3v) is 3.43. The van der Waals surface area contributed by atoms with Gasteiger partial charge in [-0.05, 0) is 36.1 Å². The Morgan fingerprint density at radius 2 is 1.76 bits per heavy atom. The molecule has 1 unspecified atom stereocenters. The Bertz CT molecular complexity index is 633. The van der Waals surface area contributed by atoms with Crippen LogP contribution in [0.15, 0.2) is 42.5 Å². The minimum atomic E-state index is -1.09. The molecule has 110 valence electrons. The molecular formula is C17H20N2O2. The standard InChI is InChI=1S/C17H20N2O2/c1-11-6-5-7-12(2)16(11)21-10-13-8-3-4-9-14(13)15(20)17(18)19/h3-9,15,20H,10H2,1-2H3,(H3,18,19). The van der Waals surface area contributed by atoms with Gasteiger partial charge in [0.05, 0.1) is 0 Å². The van der Waals surface area contributed by atoms with Gasteiger partial charge in [-0.1, -0.05) is 42.5 Å². The molecule has 0 aliphatic rings. The van der Waals surface area contributed by atoms with Crippen LogP contribution < -0.4 is 10.5 Å². The van der Waals surface area contributed by atoms with Gasteiger partial charge in [0, 0.05) is 0 Å². The Labute approximate surface area is 124 Å². The van der Waals surface area contributed by atoms with E-state index in [1.807, 2.05) is 50.2 Å². The molecule has 0 saturated heterocycles. The highest BCUT2D eigenvalue weighted by atomic mass is 16.5. The number of aliphatic hydroxyl groups excluding tert-OH is 1. The van der Waals surface area contributed by atoms with Crippen molar-refractivity contribution in [3.8, 4) is 5.75 Å². The van der Waals surface area contributed by atoms with Gasteiger partial charge < -0.3 is 15.6 Å². The van der Waals surface area contributed by atoms with Crippen molar-refractivity contribution in [2.75, 3.05) is 0 Å². The quantitative estimate of drug-likeness (QED) is 0.583. The molecule has 2 aromatic carbocycles. The van der Waals surface area contributed by atoms with Gasteiger partial charge in [-0.15, -0.1) is 0 Å². The molecule has 0 bridgehead atoms. The maximum atomic E-state index is 9.98. The monoisotopic (exact) mass is 284 g/mol. The molecule has 0 aromatic heterocycles. The first-order valence-electron chi connectivity index (χ1n) is 6.79. The predicted molar refractivity (Wildman–Crippen MR) is 83.6 cm³/mol. The van der Waals surface area contributed by atoms with Crippen molar-refractivity contribution in [2.45, 2.75) is 26.6 Å². The van der Waals surface area contributed by atoms with Crippen LogP contribution in [0.25, 0.3) is 0 Å². The zero-order valence-corrected chi connectivity index (χ0v) is 12.3. The van der Waals surface area contributed by atoms with Gasteiger partial charge in [0.15, 0.2) is 0 Å². The molecule has 0 spiro atoms. The van der Waals surface area contributed by atoms with E-state index < -0.39 is 6.10 Å². The van der Waals surface area contributed by atoms with Crippen LogP contribution in [0.1, 0.15) is 28.4 Å². The number of aryl methyl sites for hydroxylation is 2. The highest BCUT2D eigenvalue weighted by molar-refractivity contribution is 5.83. The maximum Gasteiger partial charge on any atom is 0.136 e. The van der Waals surface area contributed by atoms with E-state index >= 15 is 0 Å². The van der Waals surface area contributed by atoms with Crippen molar-refractivity contribution < 1.29 is 9.84 Å². The Morgan fingerprint density at radius 3 is 2.38 bits per heavy atom. The molecule has 1 atom stereocenters. The fraction of sp³-hybridized carbons (Fsp3) is 0.235. The van der Waals surface area contributed by atoms with Crippen LogP contribution in [-0.4, -0.2) is 10.9 Å². The molecule has 0 fully saturated rings. The summed E-state index contributed by atoms with van der Waals surface area (Å²) in [6.07, 6.45) is -1.09. The lowest BCUT2D eigenvalue weighted by molar-refractivity contribution is 0.238. The molecule has 0 aliphatic heterocycles. The molecule has 0 heterocycles. The van der Waals surface area contributed by atoms with Crippen molar-refractivity contribution in [2.24, 2.45) is 5.73 Å². The molecule has 4 heteroatoms. The lowest BCUT2D eigenvalue weighted by atomic mass is 10.0. The summed E-state index contributed by atoms with van der Waals surface area (Å²) in [6, 6.07) is 13.3. The summed E-state index contributed by atoms with van der Waals surface area (Å²) in [5.74, 6) is 0.583. The molecule has 21 heavy (non-hydrogen) atoms. The smallest absolute Gasteiger partial charge is 0.136 e. The Balaban J connectivity index is 2.23. The first-order chi connectivity index (χ1) is 10.0. The predicted octanol–water partition coefficient (Wildman–Crippen LogP) is 2.85. The molecule has 0 radical (unpaired) electrons. The normalized spacial score (nSPS) is 12.0. The summed E-state index contributed by atoms with van der Waals surface area (Å²) in [5.41, 5.74) is 8.95. The number of amidine groups is 1. The van der Waals surface area contributed by atoms with Crippen LogP contribution in [-0.2, 0) is 6.61 Å². The number of nitrogens with one attached hydrogen (secondary N) is 1. The average Bonchev–Trinajstić information content (AvgIpc) is 2.46. The van der Waals surface area contributed by atoms with Gasteiger partial charge in [-0.3, -0.25) is 5.41 Å². The van der Waals surface area contributed by atoms with Crippen LogP contribution >= 0.6 is 0 Å². The Morgan fingerprint density at radius 1 is 1.14 bits per heavy atom. The van der Waals surface area contributed by atoms with Crippen molar-refractivity contribution >= 4 is 5.84 Å². The van der Waals surface area contributed by atoms with Crippen LogP contribution in [0.4, 0.5) is 0 Å². The van der Waals surface area contributed by atoms with E-state index in [0.29, 0.717) is 12.2 Å². The second-order valence-corrected chi connectivity index (χ2v) is 5.07. The first-order valence-corrected chi connectivity index (χ1v) is 6.79. The Hall–Kier alpha value is -2.33. The van der Waals surface area contributed by atoms with Crippen LogP contribution in [0.5, 0.6) is 5.75 Å². The molecule has 0 amide bonds. The third-order valence-electron chi connectivity index (χ3n) is 3.43. The SMILES string of the molecule is Cc1cccc(C)c1OCc1ccccc1C(O)C(=N)N. The zero-order chi connectivity index (χ0) is 15.4. The largest absolute Gasteiger partial charge is 0.488 e. The van der Waals surface area contributed by atoms with E-state index in [1.54, 1.807) is 6.07 Å². The van der Waals surface area contributed by atoms with Crippen LogP contribution in [0, 0.1) is 19.3 Å². The minimum Gasteiger partial charge on any atom is -0.488 e. The van der Waals surface area contributed by atoms with Gasteiger partial charge in [-0.2, -0.15) is 0 Å². The van der Waals surface area contributed by atoms with Gasteiger partial charge >= 0.3 is 0 Å². The lowest BCUT2D eigenvalue weighted by Crippen LogP contribution is -2.21. The van der Waals surface area contributed by atoms with Crippen molar-refractivity contribution in [3.63, 3.8) is 0 Å². The highest BCUT2D eigenvalue weighted by Gasteiger charge is 2.15. The number of para-hydroxylation sites is 1. The van der Waals surface area contributed by atoms with E-state index in [-0.39, 0.29) is 5.84 Å². The van der Waals surface area contributed by atoms with E-state index in [2.05, 4.69) is 0 Å². The summed E-state index contributed by atoms with van der Waals surface area (Å²) >= 11 is 0. The number of nitrogens with two attached hydrogens (primary N) is 1. The van der Waals surface area contributed by atoms with Crippen LogP contribution in [0.3, 0.4) is 0 Å². The molecule has 4 nitrogen and oxygen atoms in total. The van der Waals surface area contributed by atoms with Gasteiger partial charge in [0.1, 0.15) is 24.3 Å². The minimum absolute atomic E-state index is 0.269. The van der Waals surface area contributed by atoms with E-state index in [0.717, 1.165) is 22.4 Å². The molecule has 4 N–H and O–H groups in total. The van der Waals surface area contributed by atoms with E-state index in [9.17, 15) is 5.11 Å². The van der Waals surface area contributed by atoms with E-state index in [4.69, 9.17) is 15.9 Å². The van der Waals surface area contributed by atoms with E-state index in [1.165, 1.54) is 0 Å². The van der Waals surface area contributed by atoms with Gasteiger partial charge in [-0.25, -0.2) is 0 Å². The molecule has 2 aromatic rings. The number of hydrogen-bond donors (Lipinski definition) is 3. The fourth-order valence-electron chi connectivity index (χ4n) is 2.28. The summed E-state index contributed by atoms with van der Waals surface area (Å²) in [4.78, 5) is 0. The summed E-state index contributed by atoms with van der Waals surface area (Å²) in [5, 5.41) is 17.4. The topological polar surface area (TPSA) is 79.3 Å². The average molecular weight is 284 g/mol. The number of rotatable bonds is 5. The van der Waals surface area contributed by atoms with Crippen molar-refractivity contribution in [3.05, 3.63) is 64.7 Å². The zero-order valence-electron chi connectivity index (χ0n) is 12.3. The lowest BCUT2D eigenvalue weighted by Gasteiger charge is -2.16.